The molecule has 1 aromatic carbocycles. The number of ether oxygens (including phenoxy) is 1. The number of nitrogens with zero attached hydrogens (tertiary/aromatic N) is 1. The molecule has 0 aliphatic heterocycles. The predicted octanol–water partition coefficient (Wildman–Crippen LogP) is 3.56. The van der Waals surface area contributed by atoms with Gasteiger partial charge in [-0.3, -0.25) is 0 Å². The van der Waals surface area contributed by atoms with E-state index in [1.54, 1.807) is 13.3 Å². The Morgan fingerprint density at radius 3 is 3.06 bits per heavy atom. The lowest BCUT2D eigenvalue weighted by atomic mass is 10.2. The standard InChI is InChI=1S/C12H13ClN2OS/c1-16-8-9-3-2-4-10(5-9)14-7-12-15-6-11(13)17-12/h2-6,14H,7-8H2,1H3. The molecule has 0 amide bonds. The van der Waals surface area contributed by atoms with E-state index in [2.05, 4.69) is 16.4 Å². The molecule has 17 heavy (non-hydrogen) atoms. The van der Waals surface area contributed by atoms with Crippen molar-refractivity contribution in [3.05, 3.63) is 45.4 Å². The van der Waals surface area contributed by atoms with Crippen molar-refractivity contribution >= 4 is 28.6 Å². The fraction of sp³-hybridized carbons (Fsp3) is 0.250. The van der Waals surface area contributed by atoms with Crippen LogP contribution in [0.15, 0.2) is 30.5 Å². The fourth-order valence-electron chi connectivity index (χ4n) is 1.49. The summed E-state index contributed by atoms with van der Waals surface area (Å²) in [6, 6.07) is 8.13. The maximum absolute atomic E-state index is 5.82. The Morgan fingerprint density at radius 2 is 2.35 bits per heavy atom. The minimum atomic E-state index is 0.624. The molecule has 2 rings (SSSR count). The molecule has 2 aromatic rings. The number of aromatic nitrogens is 1. The molecule has 0 bridgehead atoms. The van der Waals surface area contributed by atoms with Crippen molar-refractivity contribution in [1.29, 1.82) is 0 Å². The third-order valence-electron chi connectivity index (χ3n) is 2.21. The molecule has 0 radical (unpaired) electrons. The van der Waals surface area contributed by atoms with Crippen molar-refractivity contribution in [1.82, 2.24) is 4.98 Å². The van der Waals surface area contributed by atoms with E-state index in [1.807, 2.05) is 18.2 Å². The van der Waals surface area contributed by atoms with E-state index in [0.717, 1.165) is 20.6 Å². The Labute approximate surface area is 109 Å². The summed E-state index contributed by atoms with van der Waals surface area (Å²) in [5, 5.41) is 4.29. The molecule has 0 unspecified atom stereocenters. The molecule has 1 N–H and O–H groups in total. The molecule has 0 atom stereocenters. The molecule has 1 aromatic heterocycles. The molecule has 5 heteroatoms. The Balaban J connectivity index is 1.96. The Bertz CT molecular complexity index is 487. The van der Waals surface area contributed by atoms with Crippen LogP contribution in [0.5, 0.6) is 0 Å². The van der Waals surface area contributed by atoms with Gasteiger partial charge in [0, 0.05) is 12.8 Å². The van der Waals surface area contributed by atoms with Crippen molar-refractivity contribution in [2.75, 3.05) is 12.4 Å². The van der Waals surface area contributed by atoms with Gasteiger partial charge in [-0.2, -0.15) is 0 Å². The highest BCUT2D eigenvalue weighted by Gasteiger charge is 2.00. The normalized spacial score (nSPS) is 10.5. The third kappa shape index (κ3) is 3.70. The molecule has 0 aliphatic rings. The number of hydrogen-bond donors (Lipinski definition) is 1. The molecule has 3 nitrogen and oxygen atoms in total. The number of anilines is 1. The Kier molecular flexibility index (Phi) is 4.36. The number of hydrogen-bond acceptors (Lipinski definition) is 4. The number of thiazole rings is 1. The summed E-state index contributed by atoms with van der Waals surface area (Å²) in [6.07, 6.45) is 1.67. The Morgan fingerprint density at radius 1 is 1.47 bits per heavy atom. The topological polar surface area (TPSA) is 34.1 Å². The van der Waals surface area contributed by atoms with Crippen LogP contribution in [0.3, 0.4) is 0 Å². The van der Waals surface area contributed by atoms with Crippen LogP contribution in [0.4, 0.5) is 5.69 Å². The second-order valence-corrected chi connectivity index (χ2v) is 5.29. The van der Waals surface area contributed by atoms with E-state index in [-0.39, 0.29) is 0 Å². The first kappa shape index (κ1) is 12.4. The highest BCUT2D eigenvalue weighted by molar-refractivity contribution is 7.15. The number of rotatable bonds is 5. The third-order valence-corrected chi connectivity index (χ3v) is 3.32. The van der Waals surface area contributed by atoms with E-state index in [9.17, 15) is 0 Å². The van der Waals surface area contributed by atoms with Gasteiger partial charge >= 0.3 is 0 Å². The van der Waals surface area contributed by atoms with Crippen LogP contribution < -0.4 is 5.32 Å². The Hall–Kier alpha value is -1.10. The van der Waals surface area contributed by atoms with E-state index < -0.39 is 0 Å². The largest absolute Gasteiger partial charge is 0.380 e. The van der Waals surface area contributed by atoms with Gasteiger partial charge in [-0.15, -0.1) is 11.3 Å². The van der Waals surface area contributed by atoms with Gasteiger partial charge in [0.2, 0.25) is 0 Å². The van der Waals surface area contributed by atoms with E-state index in [4.69, 9.17) is 16.3 Å². The van der Waals surface area contributed by atoms with Crippen LogP contribution >= 0.6 is 22.9 Å². The molecule has 0 aliphatic carbocycles. The second-order valence-electron chi connectivity index (χ2n) is 3.55. The monoisotopic (exact) mass is 268 g/mol. The molecule has 1 heterocycles. The van der Waals surface area contributed by atoms with Crippen LogP contribution in [0.1, 0.15) is 10.6 Å². The minimum absolute atomic E-state index is 0.624. The zero-order chi connectivity index (χ0) is 12.1. The molecular weight excluding hydrogens is 256 g/mol. The first-order valence-corrected chi connectivity index (χ1v) is 6.39. The van der Waals surface area contributed by atoms with Gasteiger partial charge in [0.15, 0.2) is 0 Å². The van der Waals surface area contributed by atoms with Crippen LogP contribution in [0, 0.1) is 0 Å². The molecule has 90 valence electrons. The van der Waals surface area contributed by atoms with E-state index in [0.29, 0.717) is 13.2 Å². The van der Waals surface area contributed by atoms with Crippen molar-refractivity contribution in [3.8, 4) is 0 Å². The van der Waals surface area contributed by atoms with Crippen LogP contribution in [-0.4, -0.2) is 12.1 Å². The average Bonchev–Trinajstić information content (AvgIpc) is 2.74. The van der Waals surface area contributed by atoms with Gasteiger partial charge < -0.3 is 10.1 Å². The van der Waals surface area contributed by atoms with Crippen molar-refractivity contribution < 1.29 is 4.74 Å². The van der Waals surface area contributed by atoms with Gasteiger partial charge in [-0.25, -0.2) is 4.98 Å². The number of benzene rings is 1. The predicted molar refractivity (Wildman–Crippen MR) is 71.6 cm³/mol. The fourth-order valence-corrected chi connectivity index (χ4v) is 2.38. The average molecular weight is 269 g/mol. The summed E-state index contributed by atoms with van der Waals surface area (Å²) in [5.74, 6) is 0. The molecule has 0 spiro atoms. The van der Waals surface area contributed by atoms with Crippen LogP contribution in [-0.2, 0) is 17.9 Å². The maximum atomic E-state index is 5.82. The van der Waals surface area contributed by atoms with E-state index >= 15 is 0 Å². The summed E-state index contributed by atoms with van der Waals surface area (Å²) in [7, 11) is 1.69. The molecule has 0 saturated carbocycles. The lowest BCUT2D eigenvalue weighted by molar-refractivity contribution is 0.185. The molecule has 0 saturated heterocycles. The van der Waals surface area contributed by atoms with Gasteiger partial charge in [-0.05, 0) is 17.7 Å². The summed E-state index contributed by atoms with van der Waals surface area (Å²) in [6.45, 7) is 1.31. The molecular formula is C12H13ClN2OS. The highest BCUT2D eigenvalue weighted by atomic mass is 35.5. The zero-order valence-electron chi connectivity index (χ0n) is 9.44. The summed E-state index contributed by atoms with van der Waals surface area (Å²) in [4.78, 5) is 4.19. The first-order chi connectivity index (χ1) is 8.28. The maximum Gasteiger partial charge on any atom is 0.113 e. The van der Waals surface area contributed by atoms with Gasteiger partial charge in [-0.1, -0.05) is 23.7 Å². The summed E-state index contributed by atoms with van der Waals surface area (Å²) in [5.41, 5.74) is 2.21. The van der Waals surface area contributed by atoms with Crippen molar-refractivity contribution in [3.63, 3.8) is 0 Å². The SMILES string of the molecule is COCc1cccc(NCc2ncc(Cl)s2)c1. The first-order valence-electron chi connectivity index (χ1n) is 5.20. The number of methoxy groups -OCH3 is 1. The number of nitrogens with one attached hydrogen (secondary N) is 1. The van der Waals surface area contributed by atoms with Crippen LogP contribution in [0.25, 0.3) is 0 Å². The van der Waals surface area contributed by atoms with E-state index in [1.165, 1.54) is 11.3 Å². The smallest absolute Gasteiger partial charge is 0.113 e. The minimum Gasteiger partial charge on any atom is -0.380 e. The highest BCUT2D eigenvalue weighted by Crippen LogP contribution is 2.19. The second kappa shape index (κ2) is 6.00. The lowest BCUT2D eigenvalue weighted by Crippen LogP contribution is -1.99. The summed E-state index contributed by atoms with van der Waals surface area (Å²) >= 11 is 7.31. The quantitative estimate of drug-likeness (QED) is 0.900. The van der Waals surface area contributed by atoms with Crippen molar-refractivity contribution in [2.45, 2.75) is 13.2 Å². The lowest BCUT2D eigenvalue weighted by Gasteiger charge is -2.06. The van der Waals surface area contributed by atoms with Crippen LogP contribution in [0.2, 0.25) is 4.34 Å². The van der Waals surface area contributed by atoms with Gasteiger partial charge in [0.05, 0.1) is 19.3 Å². The van der Waals surface area contributed by atoms with Gasteiger partial charge in [0.25, 0.3) is 0 Å². The number of halogens is 1. The zero-order valence-corrected chi connectivity index (χ0v) is 11.0. The van der Waals surface area contributed by atoms with Gasteiger partial charge in [0.1, 0.15) is 9.34 Å². The summed E-state index contributed by atoms with van der Waals surface area (Å²) < 4.78 is 5.81. The van der Waals surface area contributed by atoms with Crippen molar-refractivity contribution in [2.24, 2.45) is 0 Å². The molecule has 0 fully saturated rings.